The molecular weight excluding hydrogens is 340 g/mol. The Labute approximate surface area is 164 Å². The van der Waals surface area contributed by atoms with Crippen molar-refractivity contribution >= 4 is 11.6 Å². The number of para-hydroxylation sites is 1. The summed E-state index contributed by atoms with van der Waals surface area (Å²) in [7, 11) is 5.73. The van der Waals surface area contributed by atoms with Crippen LogP contribution in [0, 0.1) is 5.92 Å². The number of unbranched alkanes of at least 4 members (excludes halogenated alkanes) is 1. The van der Waals surface area contributed by atoms with Crippen molar-refractivity contribution in [2.24, 2.45) is 10.9 Å². The molecule has 0 spiro atoms. The third kappa shape index (κ3) is 7.77. The lowest BCUT2D eigenvalue weighted by molar-refractivity contribution is 0.0536. The fourth-order valence-corrected chi connectivity index (χ4v) is 3.37. The van der Waals surface area contributed by atoms with Gasteiger partial charge in [-0.15, -0.1) is 0 Å². The van der Waals surface area contributed by atoms with Crippen molar-refractivity contribution in [1.29, 1.82) is 0 Å². The summed E-state index contributed by atoms with van der Waals surface area (Å²) in [5.41, 5.74) is 1.28. The second-order valence-electron chi connectivity index (χ2n) is 7.11. The minimum Gasteiger partial charge on any atom is -0.382 e. The van der Waals surface area contributed by atoms with Crippen LogP contribution in [0.25, 0.3) is 0 Å². The summed E-state index contributed by atoms with van der Waals surface area (Å²) in [5.74, 6) is 1.60. The van der Waals surface area contributed by atoms with Crippen molar-refractivity contribution in [1.82, 2.24) is 10.2 Å². The zero-order valence-corrected chi connectivity index (χ0v) is 17.2. The van der Waals surface area contributed by atoms with Gasteiger partial charge in [-0.05, 0) is 31.4 Å². The van der Waals surface area contributed by atoms with Crippen LogP contribution >= 0.6 is 0 Å². The first kappa shape index (κ1) is 21.5. The average Bonchev–Trinajstić information content (AvgIpc) is 3.17. The van der Waals surface area contributed by atoms with Gasteiger partial charge in [0.1, 0.15) is 0 Å². The van der Waals surface area contributed by atoms with Gasteiger partial charge in [0.05, 0.1) is 19.8 Å². The van der Waals surface area contributed by atoms with Crippen molar-refractivity contribution in [2.45, 2.75) is 19.3 Å². The summed E-state index contributed by atoms with van der Waals surface area (Å²) in [6.07, 6.45) is 3.45. The monoisotopic (exact) mass is 376 g/mol. The van der Waals surface area contributed by atoms with Crippen LogP contribution in [-0.4, -0.2) is 78.1 Å². The third-order valence-corrected chi connectivity index (χ3v) is 4.98. The summed E-state index contributed by atoms with van der Waals surface area (Å²) >= 11 is 0. The predicted octanol–water partition coefficient (Wildman–Crippen LogP) is 2.46. The lowest BCUT2D eigenvalue weighted by Gasteiger charge is -2.22. The van der Waals surface area contributed by atoms with Crippen LogP contribution in [0.4, 0.5) is 5.69 Å². The van der Waals surface area contributed by atoms with E-state index in [0.29, 0.717) is 19.1 Å². The molecule has 6 heteroatoms. The van der Waals surface area contributed by atoms with Gasteiger partial charge in [0.25, 0.3) is 0 Å². The van der Waals surface area contributed by atoms with Gasteiger partial charge in [0.15, 0.2) is 5.96 Å². The first-order chi connectivity index (χ1) is 13.2. The van der Waals surface area contributed by atoms with Gasteiger partial charge in [0, 0.05) is 59.0 Å². The number of hydrogen-bond acceptors (Lipinski definition) is 4. The highest BCUT2D eigenvalue weighted by molar-refractivity contribution is 5.80. The Balaban J connectivity index is 1.59. The van der Waals surface area contributed by atoms with E-state index in [1.54, 1.807) is 7.11 Å². The summed E-state index contributed by atoms with van der Waals surface area (Å²) in [6, 6.07) is 10.5. The van der Waals surface area contributed by atoms with Crippen LogP contribution in [0.15, 0.2) is 35.3 Å². The van der Waals surface area contributed by atoms with Crippen LogP contribution in [0.5, 0.6) is 0 Å². The molecule has 1 aromatic rings. The zero-order valence-electron chi connectivity index (χ0n) is 17.2. The Kier molecular flexibility index (Phi) is 10.0. The minimum atomic E-state index is 0.583. The van der Waals surface area contributed by atoms with Gasteiger partial charge in [-0.3, -0.25) is 4.99 Å². The van der Waals surface area contributed by atoms with Gasteiger partial charge in [0.2, 0.25) is 0 Å². The van der Waals surface area contributed by atoms with Gasteiger partial charge in [-0.25, -0.2) is 0 Å². The van der Waals surface area contributed by atoms with Crippen molar-refractivity contribution in [3.63, 3.8) is 0 Å². The molecule has 1 atom stereocenters. The molecule has 152 valence electrons. The molecule has 0 aliphatic carbocycles. The second kappa shape index (κ2) is 12.6. The molecule has 1 N–H and O–H groups in total. The molecule has 6 nitrogen and oxygen atoms in total. The molecule has 1 saturated heterocycles. The molecule has 0 radical (unpaired) electrons. The molecule has 0 aromatic heterocycles. The number of aliphatic imine (C=N–C) groups is 1. The first-order valence-corrected chi connectivity index (χ1v) is 10.0. The molecule has 0 bridgehead atoms. The number of methoxy groups -OCH3 is 1. The molecular formula is C21H36N4O2. The maximum Gasteiger partial charge on any atom is 0.193 e. The molecule has 1 fully saturated rings. The maximum absolute atomic E-state index is 5.68. The van der Waals surface area contributed by atoms with Gasteiger partial charge in [-0.2, -0.15) is 0 Å². The molecule has 0 amide bonds. The Bertz CT molecular complexity index is 538. The standard InChI is InChI=1S/C21H36N4O2/c1-22-21(25-14-11-19(17-25)18-27-16-15-26-3)23-12-7-8-13-24(2)20-9-5-4-6-10-20/h4-6,9-10,19H,7-8,11-18H2,1-3H3,(H,22,23). The molecule has 1 unspecified atom stereocenters. The van der Waals surface area contributed by atoms with E-state index in [1.165, 1.54) is 5.69 Å². The van der Waals surface area contributed by atoms with E-state index in [9.17, 15) is 0 Å². The highest BCUT2D eigenvalue weighted by Crippen LogP contribution is 2.16. The smallest absolute Gasteiger partial charge is 0.193 e. The summed E-state index contributed by atoms with van der Waals surface area (Å²) < 4.78 is 10.7. The fourth-order valence-electron chi connectivity index (χ4n) is 3.37. The molecule has 1 heterocycles. The lowest BCUT2D eigenvalue weighted by Crippen LogP contribution is -2.40. The minimum absolute atomic E-state index is 0.583. The number of benzene rings is 1. The number of nitrogens with one attached hydrogen (secondary N) is 1. The third-order valence-electron chi connectivity index (χ3n) is 4.98. The highest BCUT2D eigenvalue weighted by atomic mass is 16.5. The fraction of sp³-hybridized carbons (Fsp3) is 0.667. The quantitative estimate of drug-likeness (QED) is 0.365. The lowest BCUT2D eigenvalue weighted by atomic mass is 10.1. The predicted molar refractivity (Wildman–Crippen MR) is 113 cm³/mol. The van der Waals surface area contributed by atoms with Crippen molar-refractivity contribution in [3.05, 3.63) is 30.3 Å². The maximum atomic E-state index is 5.68. The van der Waals surface area contributed by atoms with Crippen molar-refractivity contribution in [3.8, 4) is 0 Å². The van der Waals surface area contributed by atoms with Gasteiger partial charge < -0.3 is 24.6 Å². The Morgan fingerprint density at radius 1 is 1.26 bits per heavy atom. The number of anilines is 1. The average molecular weight is 377 g/mol. The highest BCUT2D eigenvalue weighted by Gasteiger charge is 2.24. The summed E-state index contributed by atoms with van der Waals surface area (Å²) in [4.78, 5) is 9.11. The van der Waals surface area contributed by atoms with Crippen LogP contribution < -0.4 is 10.2 Å². The Morgan fingerprint density at radius 3 is 2.81 bits per heavy atom. The normalized spacial score (nSPS) is 17.4. The number of likely N-dealkylation sites (tertiary alicyclic amines) is 1. The number of ether oxygens (including phenoxy) is 2. The number of hydrogen-bond donors (Lipinski definition) is 1. The van der Waals surface area contributed by atoms with E-state index in [0.717, 1.165) is 58.0 Å². The summed E-state index contributed by atoms with van der Waals surface area (Å²) in [6.45, 7) is 6.24. The molecule has 27 heavy (non-hydrogen) atoms. The molecule has 2 rings (SSSR count). The molecule has 1 aliphatic heterocycles. The largest absolute Gasteiger partial charge is 0.382 e. The molecule has 0 saturated carbocycles. The first-order valence-electron chi connectivity index (χ1n) is 10.0. The van der Waals surface area contributed by atoms with Crippen LogP contribution in [-0.2, 0) is 9.47 Å². The Hall–Kier alpha value is -1.79. The van der Waals surface area contributed by atoms with Crippen molar-refractivity contribution in [2.75, 3.05) is 72.1 Å². The van der Waals surface area contributed by atoms with Gasteiger partial charge in [-0.1, -0.05) is 18.2 Å². The molecule has 1 aromatic carbocycles. The van der Waals surface area contributed by atoms with Crippen LogP contribution in [0.2, 0.25) is 0 Å². The summed E-state index contributed by atoms with van der Waals surface area (Å²) in [5, 5.41) is 3.52. The Morgan fingerprint density at radius 2 is 2.07 bits per heavy atom. The van der Waals surface area contributed by atoms with Crippen molar-refractivity contribution < 1.29 is 9.47 Å². The van der Waals surface area contributed by atoms with E-state index in [4.69, 9.17) is 9.47 Å². The van der Waals surface area contributed by atoms with E-state index in [-0.39, 0.29) is 0 Å². The number of nitrogens with zero attached hydrogens (tertiary/aromatic N) is 3. The molecule has 1 aliphatic rings. The van der Waals surface area contributed by atoms with E-state index < -0.39 is 0 Å². The van der Waals surface area contributed by atoms with Crippen LogP contribution in [0.1, 0.15) is 19.3 Å². The van der Waals surface area contributed by atoms with E-state index >= 15 is 0 Å². The zero-order chi connectivity index (χ0) is 19.3. The number of rotatable bonds is 11. The van der Waals surface area contributed by atoms with E-state index in [2.05, 4.69) is 57.5 Å². The number of guanidine groups is 1. The SMILES string of the molecule is CN=C(NCCCCN(C)c1ccccc1)N1CCC(COCCOC)C1. The van der Waals surface area contributed by atoms with Gasteiger partial charge >= 0.3 is 0 Å². The van der Waals surface area contributed by atoms with Crippen LogP contribution in [0.3, 0.4) is 0 Å². The second-order valence-corrected chi connectivity index (χ2v) is 7.11. The van der Waals surface area contributed by atoms with E-state index in [1.807, 2.05) is 7.05 Å². The topological polar surface area (TPSA) is 49.3 Å².